The first-order chi connectivity index (χ1) is 35.4. The van der Waals surface area contributed by atoms with E-state index >= 15 is 0 Å². The van der Waals surface area contributed by atoms with Crippen LogP contribution >= 0.6 is 0 Å². The van der Waals surface area contributed by atoms with Gasteiger partial charge in [-0.15, -0.1) is 0 Å². The fourth-order valence-corrected chi connectivity index (χ4v) is 11.4. The number of hydrogen-bond acceptors (Lipinski definition) is 7. The second-order valence-electron chi connectivity index (χ2n) is 22.8. The first kappa shape index (κ1) is 62.9. The van der Waals surface area contributed by atoms with E-state index in [-0.39, 0.29) is 35.3 Å². The minimum absolute atomic E-state index is 0.0153. The fraction of sp³-hybridized carbons (Fsp3) is 0.552. The second-order valence-corrected chi connectivity index (χ2v) is 22.8. The number of benzene rings is 4. The lowest BCUT2D eigenvalue weighted by Gasteiger charge is -2.34. The average molecular weight is 1020 g/mol. The number of carbonyl (C=O) groups excluding carboxylic acids is 2. The van der Waals surface area contributed by atoms with Crippen LogP contribution in [0.3, 0.4) is 0 Å². The van der Waals surface area contributed by atoms with Gasteiger partial charge in [0.05, 0.1) is 28.1 Å². The predicted octanol–water partition coefficient (Wildman–Crippen LogP) is 15.5. The molecule has 1 fully saturated rings. The van der Waals surface area contributed by atoms with E-state index in [1.54, 1.807) is 0 Å². The van der Waals surface area contributed by atoms with E-state index < -0.39 is 11.2 Å². The second kappa shape index (κ2) is 27.1. The quantitative estimate of drug-likeness (QED) is 0.0665. The molecule has 5 aromatic rings. The Balaban J connectivity index is 0.000000308. The number of hydrogen-bond donors (Lipinski definition) is 2. The fourth-order valence-electron chi connectivity index (χ4n) is 11.4. The lowest BCUT2D eigenvalue weighted by Crippen LogP contribution is -2.41. The van der Waals surface area contributed by atoms with Crippen LogP contribution in [0, 0.1) is 27.7 Å². The average Bonchev–Trinajstić information content (AvgIpc) is 3.62. The van der Waals surface area contributed by atoms with Gasteiger partial charge in [-0.05, 0) is 206 Å². The largest absolute Gasteiger partial charge is 0.495 e. The van der Waals surface area contributed by atoms with Gasteiger partial charge in [0.1, 0.15) is 0 Å². The molecule has 0 unspecified atom stereocenters. The Bertz CT molecular complexity index is 2610. The highest BCUT2D eigenvalue weighted by molar-refractivity contribution is 6.62. The summed E-state index contributed by atoms with van der Waals surface area (Å²) in [7, 11) is -0.340. The highest BCUT2D eigenvalue weighted by Gasteiger charge is 2.52. The van der Waals surface area contributed by atoms with Crippen LogP contribution in [0.5, 0.6) is 0 Å². The summed E-state index contributed by atoms with van der Waals surface area (Å²) in [6, 6.07) is 32.2. The van der Waals surface area contributed by atoms with E-state index in [1.807, 2.05) is 6.20 Å². The molecule has 0 radical (unpaired) electrons. The topological polar surface area (TPSA) is 106 Å². The van der Waals surface area contributed by atoms with Crippen molar-refractivity contribution in [1.29, 1.82) is 0 Å². The highest BCUT2D eigenvalue weighted by atomic mass is 16.7. The van der Waals surface area contributed by atoms with Gasteiger partial charge < -0.3 is 19.5 Å². The third-order valence-electron chi connectivity index (χ3n) is 18.3. The van der Waals surface area contributed by atoms with Crippen molar-refractivity contribution < 1.29 is 29.1 Å². The van der Waals surface area contributed by atoms with Crippen molar-refractivity contribution in [1.82, 2.24) is 4.98 Å². The van der Waals surface area contributed by atoms with E-state index in [0.29, 0.717) is 0 Å². The molecule has 0 bridgehead atoms. The summed E-state index contributed by atoms with van der Waals surface area (Å²) in [5.41, 5.74) is 16.2. The van der Waals surface area contributed by atoms with Crippen LogP contribution in [0.2, 0.25) is 0 Å². The van der Waals surface area contributed by atoms with E-state index in [0.717, 1.165) is 101 Å². The number of pyridine rings is 1. The summed E-state index contributed by atoms with van der Waals surface area (Å²) >= 11 is 0. The molecule has 8 heteroatoms. The van der Waals surface area contributed by atoms with Crippen LogP contribution in [0.15, 0.2) is 91.1 Å². The van der Waals surface area contributed by atoms with Crippen LogP contribution in [-0.4, -0.2) is 50.9 Å². The Labute approximate surface area is 455 Å². The van der Waals surface area contributed by atoms with Crippen LogP contribution in [0.25, 0.3) is 11.3 Å². The van der Waals surface area contributed by atoms with Crippen molar-refractivity contribution >= 4 is 18.7 Å². The van der Waals surface area contributed by atoms with Gasteiger partial charge in [0, 0.05) is 22.6 Å². The molecule has 75 heavy (non-hydrogen) atoms. The lowest BCUT2D eigenvalue weighted by atomic mass is 9.67. The normalized spacial score (nSPS) is 14.4. The Morgan fingerprint density at radius 2 is 0.893 bits per heavy atom. The molecule has 0 amide bonds. The van der Waals surface area contributed by atoms with Gasteiger partial charge in [0.2, 0.25) is 0 Å². The summed E-state index contributed by atoms with van der Waals surface area (Å²) < 4.78 is 12.7. The van der Waals surface area contributed by atoms with Crippen LogP contribution in [-0.2, 0) is 49.0 Å². The van der Waals surface area contributed by atoms with Gasteiger partial charge in [0.15, 0.2) is 0 Å². The van der Waals surface area contributed by atoms with E-state index in [1.165, 1.54) is 66.8 Å². The molecule has 6 rings (SSSR count). The third kappa shape index (κ3) is 14.5. The van der Waals surface area contributed by atoms with Gasteiger partial charge in [-0.2, -0.15) is 9.59 Å². The molecular formula is C67H96BNO6. The minimum Gasteiger partial charge on any atom is -0.399 e. The zero-order valence-electron chi connectivity index (χ0n) is 49.6. The van der Waals surface area contributed by atoms with E-state index in [2.05, 4.69) is 203 Å². The van der Waals surface area contributed by atoms with Crippen molar-refractivity contribution in [3.63, 3.8) is 0 Å². The number of aliphatic hydroxyl groups is 2. The maximum atomic E-state index is 10.8. The van der Waals surface area contributed by atoms with Crippen LogP contribution in [0.1, 0.15) is 222 Å². The molecule has 2 N–H and O–H groups in total. The molecule has 2 heterocycles. The summed E-state index contributed by atoms with van der Waals surface area (Å²) in [5, 5.41) is 21.5. The Hall–Kier alpha value is -4.69. The van der Waals surface area contributed by atoms with Crippen LogP contribution < -0.4 is 5.46 Å². The Morgan fingerprint density at radius 1 is 0.507 bits per heavy atom. The minimum atomic E-state index is -0.557. The summed E-state index contributed by atoms with van der Waals surface area (Å²) in [6.45, 7) is 37.0. The standard InChI is InChI=1S/C34H47NO.C32H49BO3.CO2/c1-8-13-27-14-19-32(35-24-27)31-18-17-30(23-26(31)7)34(11-4,12-5)29-16-15-28(25(6)22-29)20-21-33(36,9-2)10-3;1-11-31(34,12-2)20-19-25-15-16-26(21-23(25)5)32(13-3,14-4)27-17-18-28(24(6)22-27)33-35-29(7,8)30(9,10)36-33;2-1-3/h14-19,22-24,36H,8-13,20-21H2,1-7H3;15-18,21-22,34H,11-14,19-20H2,1-10H3;. The highest BCUT2D eigenvalue weighted by Crippen LogP contribution is 2.43. The number of aromatic nitrogens is 1. The Kier molecular flexibility index (Phi) is 22.7. The number of rotatable bonds is 22. The first-order valence-electron chi connectivity index (χ1n) is 28.6. The molecule has 1 aromatic heterocycles. The molecule has 1 aliphatic rings. The number of nitrogens with zero attached hydrogens (tertiary/aromatic N) is 1. The summed E-state index contributed by atoms with van der Waals surface area (Å²) in [5.74, 6) is 0. The zero-order chi connectivity index (χ0) is 56.0. The molecule has 0 saturated carbocycles. The predicted molar refractivity (Wildman–Crippen MR) is 313 cm³/mol. The molecule has 0 spiro atoms. The van der Waals surface area contributed by atoms with Gasteiger partial charge >= 0.3 is 13.3 Å². The SMILES string of the molecule is CCC(O)(CC)CCc1ccc(C(CC)(CC)c2ccc(B3OC(C)(C)C(C)(C)O3)c(C)c2)cc1C.CCCc1ccc(-c2ccc(C(CC)(CC)c3ccc(CCC(O)(CC)CC)c(C)c3)cc2C)nc1.O=C=O. The van der Waals surface area contributed by atoms with E-state index in [9.17, 15) is 10.2 Å². The van der Waals surface area contributed by atoms with Crippen molar-refractivity contribution in [2.24, 2.45) is 0 Å². The molecule has 408 valence electrons. The van der Waals surface area contributed by atoms with Crippen molar-refractivity contribution in [3.05, 3.63) is 152 Å². The lowest BCUT2D eigenvalue weighted by molar-refractivity contribution is -0.191. The molecule has 1 aliphatic heterocycles. The summed E-state index contributed by atoms with van der Waals surface area (Å²) in [4.78, 5) is 21.0. The first-order valence-corrected chi connectivity index (χ1v) is 28.6. The molecule has 7 nitrogen and oxygen atoms in total. The van der Waals surface area contributed by atoms with Gasteiger partial charge in [-0.1, -0.05) is 153 Å². The molecule has 0 aliphatic carbocycles. The number of aryl methyl sites for hydroxylation is 7. The smallest absolute Gasteiger partial charge is 0.399 e. The van der Waals surface area contributed by atoms with Crippen molar-refractivity contribution in [2.45, 2.75) is 241 Å². The van der Waals surface area contributed by atoms with Crippen molar-refractivity contribution in [3.8, 4) is 11.3 Å². The maximum absolute atomic E-state index is 10.8. The maximum Gasteiger partial charge on any atom is 0.495 e. The zero-order valence-corrected chi connectivity index (χ0v) is 49.6. The molecule has 1 saturated heterocycles. The van der Waals surface area contributed by atoms with Gasteiger partial charge in [-0.3, -0.25) is 4.98 Å². The summed E-state index contributed by atoms with van der Waals surface area (Å²) in [6.07, 6.45) is 15.4. The third-order valence-corrected chi connectivity index (χ3v) is 18.3. The van der Waals surface area contributed by atoms with Gasteiger partial charge in [0.25, 0.3) is 0 Å². The molecule has 0 atom stereocenters. The van der Waals surface area contributed by atoms with E-state index in [4.69, 9.17) is 23.9 Å². The Morgan fingerprint density at radius 3 is 1.23 bits per heavy atom. The monoisotopic (exact) mass is 1020 g/mol. The molecule has 4 aromatic carbocycles. The van der Waals surface area contributed by atoms with Crippen LogP contribution in [0.4, 0.5) is 0 Å². The molecular weight excluding hydrogens is 926 g/mol. The van der Waals surface area contributed by atoms with Crippen molar-refractivity contribution in [2.75, 3.05) is 0 Å². The van der Waals surface area contributed by atoms with Gasteiger partial charge in [-0.25, -0.2) is 0 Å².